The van der Waals surface area contributed by atoms with Crippen molar-refractivity contribution in [2.24, 2.45) is 7.05 Å². The van der Waals surface area contributed by atoms with Gasteiger partial charge in [-0.2, -0.15) is 10.1 Å². The summed E-state index contributed by atoms with van der Waals surface area (Å²) in [6, 6.07) is 1.91. The molecule has 3 rings (SSSR count). The molecular formula is C17H27N7O. The van der Waals surface area contributed by atoms with Gasteiger partial charge in [0.25, 0.3) is 0 Å². The highest BCUT2D eigenvalue weighted by Gasteiger charge is 2.28. The third-order valence-corrected chi connectivity index (χ3v) is 4.68. The minimum atomic E-state index is -0.749. The van der Waals surface area contributed by atoms with E-state index in [1.807, 2.05) is 24.9 Å². The minimum absolute atomic E-state index is 0.266. The molecular weight excluding hydrogens is 318 g/mol. The van der Waals surface area contributed by atoms with Gasteiger partial charge in [-0.1, -0.05) is 13.3 Å². The molecule has 0 saturated heterocycles. The van der Waals surface area contributed by atoms with Gasteiger partial charge in [0.1, 0.15) is 11.5 Å². The third-order valence-electron chi connectivity index (χ3n) is 4.68. The first kappa shape index (κ1) is 17.6. The highest BCUT2D eigenvalue weighted by molar-refractivity contribution is 5.50. The predicted molar refractivity (Wildman–Crippen MR) is 96.9 cm³/mol. The number of aliphatic hydroxyl groups is 1. The van der Waals surface area contributed by atoms with Gasteiger partial charge in [0.2, 0.25) is 5.95 Å². The zero-order valence-electron chi connectivity index (χ0n) is 15.2. The molecule has 4 N–H and O–H groups in total. The van der Waals surface area contributed by atoms with Crippen LogP contribution in [0.25, 0.3) is 0 Å². The van der Waals surface area contributed by atoms with Gasteiger partial charge >= 0.3 is 0 Å². The summed E-state index contributed by atoms with van der Waals surface area (Å²) in [7, 11) is 1.87. The van der Waals surface area contributed by atoms with Gasteiger partial charge in [0.05, 0.1) is 5.69 Å². The summed E-state index contributed by atoms with van der Waals surface area (Å²) in [4.78, 5) is 10.7. The summed E-state index contributed by atoms with van der Waals surface area (Å²) in [5, 5.41) is 18.4. The lowest BCUT2D eigenvalue weighted by atomic mass is 10.0. The largest absolute Gasteiger partial charge is 0.372 e. The number of unbranched alkanes of at least 4 members (excludes halogenated alkanes) is 1. The number of hydrogen-bond donors (Lipinski definition) is 3. The maximum absolute atomic E-state index is 10.7. The lowest BCUT2D eigenvalue weighted by Gasteiger charge is -2.32. The van der Waals surface area contributed by atoms with E-state index < -0.39 is 6.23 Å². The van der Waals surface area contributed by atoms with Gasteiger partial charge in [-0.25, -0.2) is 4.98 Å². The summed E-state index contributed by atoms with van der Waals surface area (Å²) in [5.41, 5.74) is 9.54. The number of anilines is 2. The first-order valence-electron chi connectivity index (χ1n) is 8.81. The second kappa shape index (κ2) is 7.37. The molecule has 136 valence electrons. The number of rotatable bonds is 6. The average Bonchev–Trinajstić information content (AvgIpc) is 2.92. The van der Waals surface area contributed by atoms with Crippen LogP contribution in [-0.4, -0.2) is 42.8 Å². The van der Waals surface area contributed by atoms with Crippen LogP contribution in [-0.2, 0) is 20.0 Å². The lowest BCUT2D eigenvalue weighted by Crippen LogP contribution is -2.35. The molecule has 1 atom stereocenters. The Labute approximate surface area is 148 Å². The van der Waals surface area contributed by atoms with Gasteiger partial charge in [0.15, 0.2) is 6.23 Å². The molecule has 2 aromatic heterocycles. The van der Waals surface area contributed by atoms with E-state index in [1.165, 1.54) is 0 Å². The molecule has 0 bridgehead atoms. The van der Waals surface area contributed by atoms with Crippen molar-refractivity contribution < 1.29 is 5.11 Å². The Kier molecular flexibility index (Phi) is 5.19. The maximum atomic E-state index is 10.7. The van der Waals surface area contributed by atoms with Crippen LogP contribution < -0.4 is 11.1 Å². The van der Waals surface area contributed by atoms with Crippen LogP contribution in [0.15, 0.2) is 6.07 Å². The summed E-state index contributed by atoms with van der Waals surface area (Å²) in [5.74, 6) is 1.10. The van der Waals surface area contributed by atoms with Crippen molar-refractivity contribution in [2.45, 2.75) is 45.9 Å². The van der Waals surface area contributed by atoms with Crippen LogP contribution in [0.3, 0.4) is 0 Å². The van der Waals surface area contributed by atoms with Crippen molar-refractivity contribution in [1.29, 1.82) is 0 Å². The van der Waals surface area contributed by atoms with Gasteiger partial charge in [-0.3, -0.25) is 9.58 Å². The Morgan fingerprint density at radius 1 is 1.40 bits per heavy atom. The molecule has 0 saturated carbocycles. The number of nitrogens with one attached hydrogen (secondary N) is 1. The van der Waals surface area contributed by atoms with E-state index >= 15 is 0 Å². The SMILES string of the molecule is CCCCNc1nc(N)nc2c1CCN(C(O)c1cc(C)n(C)n1)C2. The highest BCUT2D eigenvalue weighted by Crippen LogP contribution is 2.28. The molecule has 3 heterocycles. The number of aromatic nitrogens is 4. The summed E-state index contributed by atoms with van der Waals surface area (Å²) in [6.07, 6.45) is 2.23. The predicted octanol–water partition coefficient (Wildman–Crippen LogP) is 1.36. The smallest absolute Gasteiger partial charge is 0.222 e. The highest BCUT2D eigenvalue weighted by atomic mass is 16.3. The molecule has 2 aromatic rings. The van der Waals surface area contributed by atoms with Gasteiger partial charge in [-0.05, 0) is 25.8 Å². The van der Waals surface area contributed by atoms with E-state index in [4.69, 9.17) is 5.73 Å². The van der Waals surface area contributed by atoms with Gasteiger partial charge in [-0.15, -0.1) is 0 Å². The molecule has 0 fully saturated rings. The molecule has 8 nitrogen and oxygen atoms in total. The quantitative estimate of drug-likeness (QED) is 0.679. The standard InChI is InChI=1S/C17H27N7O/c1-4-5-7-19-15-12-6-8-24(10-14(12)20-17(18)21-15)16(25)13-9-11(2)23(3)22-13/h9,16,25H,4-8,10H2,1-3H3,(H3,18,19,20,21). The normalized spacial score (nSPS) is 15.8. The van der Waals surface area contributed by atoms with E-state index in [9.17, 15) is 5.11 Å². The fourth-order valence-corrected chi connectivity index (χ4v) is 3.11. The topological polar surface area (TPSA) is 105 Å². The van der Waals surface area contributed by atoms with E-state index in [2.05, 4.69) is 27.3 Å². The minimum Gasteiger partial charge on any atom is -0.372 e. The van der Waals surface area contributed by atoms with Crippen molar-refractivity contribution >= 4 is 11.8 Å². The molecule has 25 heavy (non-hydrogen) atoms. The molecule has 8 heteroatoms. The van der Waals surface area contributed by atoms with E-state index in [0.29, 0.717) is 12.2 Å². The van der Waals surface area contributed by atoms with Crippen molar-refractivity contribution in [1.82, 2.24) is 24.6 Å². The van der Waals surface area contributed by atoms with Crippen LogP contribution in [0.4, 0.5) is 11.8 Å². The van der Waals surface area contributed by atoms with E-state index in [-0.39, 0.29) is 5.95 Å². The second-order valence-corrected chi connectivity index (χ2v) is 6.56. The summed E-state index contributed by atoms with van der Waals surface area (Å²) in [6.45, 7) is 6.25. The molecule has 0 radical (unpaired) electrons. The molecule has 0 aromatic carbocycles. The maximum Gasteiger partial charge on any atom is 0.222 e. The van der Waals surface area contributed by atoms with Crippen LogP contribution in [0.1, 0.15) is 48.6 Å². The number of aryl methyl sites for hydroxylation is 2. The Balaban J connectivity index is 1.78. The van der Waals surface area contributed by atoms with Crippen LogP contribution >= 0.6 is 0 Å². The third kappa shape index (κ3) is 3.74. The Hall–Kier alpha value is -2.19. The number of hydrogen-bond acceptors (Lipinski definition) is 7. The first-order valence-corrected chi connectivity index (χ1v) is 8.81. The molecule has 0 aliphatic carbocycles. The Morgan fingerprint density at radius 3 is 2.88 bits per heavy atom. The fourth-order valence-electron chi connectivity index (χ4n) is 3.11. The Bertz CT molecular complexity index is 723. The monoisotopic (exact) mass is 345 g/mol. The number of aliphatic hydroxyl groups excluding tert-OH is 1. The van der Waals surface area contributed by atoms with Crippen LogP contribution in [0.2, 0.25) is 0 Å². The number of fused-ring (bicyclic) bond motifs is 1. The van der Waals surface area contributed by atoms with Crippen molar-refractivity contribution in [2.75, 3.05) is 24.1 Å². The number of nitrogens with zero attached hydrogens (tertiary/aromatic N) is 5. The molecule has 0 spiro atoms. The van der Waals surface area contributed by atoms with Crippen LogP contribution in [0.5, 0.6) is 0 Å². The van der Waals surface area contributed by atoms with Gasteiger partial charge in [0, 0.05) is 37.9 Å². The summed E-state index contributed by atoms with van der Waals surface area (Å²) >= 11 is 0. The van der Waals surface area contributed by atoms with Crippen molar-refractivity contribution in [3.63, 3.8) is 0 Å². The molecule has 1 aliphatic heterocycles. The van der Waals surface area contributed by atoms with Gasteiger partial charge < -0.3 is 16.2 Å². The fraction of sp³-hybridized carbons (Fsp3) is 0.588. The second-order valence-electron chi connectivity index (χ2n) is 6.56. The van der Waals surface area contributed by atoms with E-state index in [1.54, 1.807) is 4.68 Å². The van der Waals surface area contributed by atoms with E-state index in [0.717, 1.165) is 55.1 Å². The Morgan fingerprint density at radius 2 is 2.20 bits per heavy atom. The summed E-state index contributed by atoms with van der Waals surface area (Å²) < 4.78 is 1.77. The molecule has 1 unspecified atom stereocenters. The number of nitrogens with two attached hydrogens (primary N) is 1. The average molecular weight is 345 g/mol. The molecule has 1 aliphatic rings. The molecule has 0 amide bonds. The first-order chi connectivity index (χ1) is 12.0. The number of nitrogen functional groups attached to an aromatic ring is 1. The lowest BCUT2D eigenvalue weighted by molar-refractivity contribution is -0.0122. The zero-order valence-corrected chi connectivity index (χ0v) is 15.2. The zero-order chi connectivity index (χ0) is 18.0. The van der Waals surface area contributed by atoms with Crippen LogP contribution in [0, 0.1) is 6.92 Å². The van der Waals surface area contributed by atoms with Crippen molar-refractivity contribution in [3.8, 4) is 0 Å². The van der Waals surface area contributed by atoms with Crippen molar-refractivity contribution in [3.05, 3.63) is 28.7 Å².